The summed E-state index contributed by atoms with van der Waals surface area (Å²) in [5.74, 6) is -1.16. The van der Waals surface area contributed by atoms with Crippen LogP contribution < -0.4 is 5.32 Å². The molecule has 0 heterocycles. The summed E-state index contributed by atoms with van der Waals surface area (Å²) in [6.07, 6.45) is 0.709. The maximum absolute atomic E-state index is 12.7. The number of carbonyl (C=O) groups is 2. The van der Waals surface area contributed by atoms with Gasteiger partial charge in [-0.1, -0.05) is 36.4 Å². The van der Waals surface area contributed by atoms with Crippen molar-refractivity contribution >= 4 is 21.9 Å². The second-order valence-corrected chi connectivity index (χ2v) is 8.95. The predicted octanol–water partition coefficient (Wildman–Crippen LogP) is 2.11. The molecule has 0 radical (unpaired) electrons. The Bertz CT molecular complexity index is 969. The molecular weight excluding hydrogens is 380 g/mol. The molecule has 1 aliphatic carbocycles. The summed E-state index contributed by atoms with van der Waals surface area (Å²) >= 11 is 0. The Morgan fingerprint density at radius 3 is 2.36 bits per heavy atom. The van der Waals surface area contributed by atoms with Crippen LogP contribution >= 0.6 is 0 Å². The highest BCUT2D eigenvalue weighted by molar-refractivity contribution is 7.89. The van der Waals surface area contributed by atoms with Crippen LogP contribution in [0.15, 0.2) is 59.5 Å². The van der Waals surface area contributed by atoms with E-state index in [-0.39, 0.29) is 22.4 Å². The molecule has 1 atom stereocenters. The number of hydrogen-bond donors (Lipinski definition) is 1. The van der Waals surface area contributed by atoms with E-state index in [0.717, 1.165) is 17.1 Å². The highest BCUT2D eigenvalue weighted by Gasteiger charge is 2.31. The molecule has 2 aromatic carbocycles. The van der Waals surface area contributed by atoms with Gasteiger partial charge in [-0.15, -0.1) is 0 Å². The first-order valence-corrected chi connectivity index (χ1v) is 10.3. The van der Waals surface area contributed by atoms with E-state index in [4.69, 9.17) is 4.74 Å². The summed E-state index contributed by atoms with van der Waals surface area (Å²) in [6, 6.07) is 14.4. The van der Waals surface area contributed by atoms with Crippen LogP contribution in [0.1, 0.15) is 34.9 Å². The molecule has 8 heteroatoms. The number of benzene rings is 2. The molecule has 0 bridgehead atoms. The predicted molar refractivity (Wildman–Crippen MR) is 103 cm³/mol. The van der Waals surface area contributed by atoms with Gasteiger partial charge >= 0.3 is 5.97 Å². The largest absolute Gasteiger partial charge is 0.444 e. The quantitative estimate of drug-likeness (QED) is 0.716. The number of ether oxygens (including phenoxy) is 1. The molecule has 0 saturated heterocycles. The van der Waals surface area contributed by atoms with Crippen molar-refractivity contribution in [3.63, 3.8) is 0 Å². The lowest BCUT2D eigenvalue weighted by atomic mass is 10.1. The standard InChI is InChI=1S/C20H22N2O5S/c1-22(2)28(25,26)17-10-6-9-15(13-17)20(24)27-18(14-7-4-3-5-8-14)19(23)21-16-11-12-16/h3-10,13,16,18H,11-12H2,1-2H3,(H,21,23)/t18-/m0/s1. The first-order valence-electron chi connectivity index (χ1n) is 8.88. The molecule has 0 unspecified atom stereocenters. The van der Waals surface area contributed by atoms with Crippen LogP contribution in [0.25, 0.3) is 0 Å². The maximum atomic E-state index is 12.7. The minimum atomic E-state index is -3.69. The fourth-order valence-electron chi connectivity index (χ4n) is 2.57. The number of esters is 1. The molecule has 0 aliphatic heterocycles. The number of sulfonamides is 1. The minimum Gasteiger partial charge on any atom is -0.444 e. The van der Waals surface area contributed by atoms with Crippen molar-refractivity contribution in [2.24, 2.45) is 0 Å². The maximum Gasteiger partial charge on any atom is 0.339 e. The first-order chi connectivity index (χ1) is 13.3. The number of nitrogens with zero attached hydrogens (tertiary/aromatic N) is 1. The van der Waals surface area contributed by atoms with Crippen LogP contribution in [0.4, 0.5) is 0 Å². The number of carbonyl (C=O) groups excluding carboxylic acids is 2. The fraction of sp³-hybridized carbons (Fsp3) is 0.300. The number of nitrogens with one attached hydrogen (secondary N) is 1. The van der Waals surface area contributed by atoms with Crippen LogP contribution in [0.3, 0.4) is 0 Å². The summed E-state index contributed by atoms with van der Waals surface area (Å²) in [6.45, 7) is 0. The monoisotopic (exact) mass is 402 g/mol. The Labute approximate surface area is 164 Å². The fourth-order valence-corrected chi connectivity index (χ4v) is 3.52. The Kier molecular flexibility index (Phi) is 5.81. The van der Waals surface area contributed by atoms with Crippen LogP contribution in [0.2, 0.25) is 0 Å². The highest BCUT2D eigenvalue weighted by atomic mass is 32.2. The van der Waals surface area contributed by atoms with Crippen molar-refractivity contribution < 1.29 is 22.7 Å². The van der Waals surface area contributed by atoms with Crippen molar-refractivity contribution in [1.82, 2.24) is 9.62 Å². The lowest BCUT2D eigenvalue weighted by molar-refractivity contribution is -0.130. The van der Waals surface area contributed by atoms with E-state index in [1.165, 1.54) is 38.4 Å². The van der Waals surface area contributed by atoms with E-state index in [1.54, 1.807) is 30.3 Å². The zero-order valence-electron chi connectivity index (χ0n) is 15.7. The van der Waals surface area contributed by atoms with E-state index in [0.29, 0.717) is 5.56 Å². The molecule has 0 aromatic heterocycles. The smallest absolute Gasteiger partial charge is 0.339 e. The van der Waals surface area contributed by atoms with Gasteiger partial charge in [0.2, 0.25) is 16.1 Å². The van der Waals surface area contributed by atoms with Crippen LogP contribution in [0.5, 0.6) is 0 Å². The molecule has 1 fully saturated rings. The Morgan fingerprint density at radius 2 is 1.75 bits per heavy atom. The van der Waals surface area contributed by atoms with Gasteiger partial charge in [0.05, 0.1) is 10.5 Å². The zero-order chi connectivity index (χ0) is 20.3. The third-order valence-electron chi connectivity index (χ3n) is 4.34. The van der Waals surface area contributed by atoms with Crippen LogP contribution in [0, 0.1) is 0 Å². The lowest BCUT2D eigenvalue weighted by Crippen LogP contribution is -2.33. The van der Waals surface area contributed by atoms with Gasteiger partial charge in [-0.05, 0) is 31.0 Å². The van der Waals surface area contributed by atoms with Crippen LogP contribution in [-0.4, -0.2) is 44.7 Å². The summed E-state index contributed by atoms with van der Waals surface area (Å²) in [5, 5.41) is 2.84. The summed E-state index contributed by atoms with van der Waals surface area (Å²) in [4.78, 5) is 25.2. The second kappa shape index (κ2) is 8.12. The first kappa shape index (κ1) is 20.0. The number of amides is 1. The zero-order valence-corrected chi connectivity index (χ0v) is 16.5. The summed E-state index contributed by atoms with van der Waals surface area (Å²) < 4.78 is 31.1. The third kappa shape index (κ3) is 4.58. The van der Waals surface area contributed by atoms with Gasteiger partial charge in [-0.25, -0.2) is 17.5 Å². The Morgan fingerprint density at radius 1 is 1.07 bits per heavy atom. The van der Waals surface area contributed by atoms with Crippen LogP contribution in [-0.2, 0) is 19.6 Å². The van der Waals surface area contributed by atoms with Crippen molar-refractivity contribution in [1.29, 1.82) is 0 Å². The Balaban J connectivity index is 1.85. The molecule has 1 saturated carbocycles. The summed E-state index contributed by atoms with van der Waals surface area (Å²) in [7, 11) is -0.870. The molecule has 7 nitrogen and oxygen atoms in total. The molecule has 3 rings (SSSR count). The van der Waals surface area contributed by atoms with Crippen molar-refractivity contribution in [2.45, 2.75) is 29.9 Å². The summed E-state index contributed by atoms with van der Waals surface area (Å²) in [5.41, 5.74) is 0.606. The van der Waals surface area contributed by atoms with E-state index >= 15 is 0 Å². The van der Waals surface area contributed by atoms with Gasteiger partial charge in [0.15, 0.2) is 0 Å². The lowest BCUT2D eigenvalue weighted by Gasteiger charge is -2.18. The van der Waals surface area contributed by atoms with Gasteiger partial charge in [0.1, 0.15) is 0 Å². The average Bonchev–Trinajstić information content (AvgIpc) is 3.50. The van der Waals surface area contributed by atoms with Crippen molar-refractivity contribution in [3.8, 4) is 0 Å². The Hall–Kier alpha value is -2.71. The molecule has 1 N–H and O–H groups in total. The normalized spacial score (nSPS) is 15.1. The van der Waals surface area contributed by atoms with Gasteiger partial charge in [-0.2, -0.15) is 0 Å². The average molecular weight is 402 g/mol. The molecular formula is C20H22N2O5S. The highest BCUT2D eigenvalue weighted by Crippen LogP contribution is 2.24. The van der Waals surface area contributed by atoms with E-state index in [9.17, 15) is 18.0 Å². The van der Waals surface area contributed by atoms with Crippen molar-refractivity contribution in [3.05, 3.63) is 65.7 Å². The van der Waals surface area contributed by atoms with Gasteiger partial charge in [0.25, 0.3) is 5.91 Å². The van der Waals surface area contributed by atoms with Crippen molar-refractivity contribution in [2.75, 3.05) is 14.1 Å². The van der Waals surface area contributed by atoms with Gasteiger partial charge in [0, 0.05) is 25.7 Å². The second-order valence-electron chi connectivity index (χ2n) is 6.79. The topological polar surface area (TPSA) is 92.8 Å². The minimum absolute atomic E-state index is 0.0226. The SMILES string of the molecule is CN(C)S(=O)(=O)c1cccc(C(=O)O[C@H](C(=O)NC2CC2)c2ccccc2)c1. The molecule has 2 aromatic rings. The van der Waals surface area contributed by atoms with E-state index < -0.39 is 22.1 Å². The number of hydrogen-bond acceptors (Lipinski definition) is 5. The van der Waals surface area contributed by atoms with E-state index in [2.05, 4.69) is 5.32 Å². The molecule has 148 valence electrons. The third-order valence-corrected chi connectivity index (χ3v) is 6.15. The molecule has 28 heavy (non-hydrogen) atoms. The van der Waals surface area contributed by atoms with Gasteiger partial charge in [-0.3, -0.25) is 4.79 Å². The molecule has 0 spiro atoms. The molecule has 1 amide bonds. The number of rotatable bonds is 7. The van der Waals surface area contributed by atoms with E-state index in [1.807, 2.05) is 0 Å². The molecule has 1 aliphatic rings. The van der Waals surface area contributed by atoms with Gasteiger partial charge < -0.3 is 10.1 Å².